The number of nitrogens with zero attached hydrogens (tertiary/aromatic N) is 2. The lowest BCUT2D eigenvalue weighted by molar-refractivity contribution is -0.382. The van der Waals surface area contributed by atoms with Crippen molar-refractivity contribution >= 4 is 90.4 Å². The van der Waals surface area contributed by atoms with Gasteiger partial charge in [-0.25, -0.2) is 4.79 Å². The maximum absolute atomic E-state index is 12.8. The number of allylic oxidation sites excluding steroid dienone is 1. The summed E-state index contributed by atoms with van der Waals surface area (Å²) in [7, 11) is 0. The molecule has 15 heteroatoms. The third-order valence-electron chi connectivity index (χ3n) is 5.48. The van der Waals surface area contributed by atoms with E-state index in [1.807, 2.05) is 17.5 Å². The molecule has 1 fully saturated rings. The van der Waals surface area contributed by atoms with Crippen molar-refractivity contribution in [3.8, 4) is 0 Å². The molecule has 3 aromatic rings. The Morgan fingerprint density at radius 1 is 1.30 bits per heavy atom. The molecular formula is C22H15N3O7S5. The average Bonchev–Trinajstić information content (AvgIpc) is 3.52. The molecule has 1 unspecified atom stereocenters. The molecule has 0 bridgehead atoms. The van der Waals surface area contributed by atoms with E-state index < -0.39 is 28.2 Å². The number of carbonyl (C=O) groups is 3. The van der Waals surface area contributed by atoms with Crippen LogP contribution in [0.3, 0.4) is 0 Å². The van der Waals surface area contributed by atoms with Gasteiger partial charge in [-0.3, -0.25) is 29.4 Å². The predicted octanol–water partition coefficient (Wildman–Crippen LogP) is 3.88. The van der Waals surface area contributed by atoms with Gasteiger partial charge in [0, 0.05) is 16.7 Å². The fourth-order valence-corrected chi connectivity index (χ4v) is 8.98. The zero-order valence-electron chi connectivity index (χ0n) is 18.4. The van der Waals surface area contributed by atoms with Crippen molar-refractivity contribution in [2.75, 3.05) is 5.75 Å². The number of β-lactam (4-membered cyclic amide) rings is 1. The Morgan fingerprint density at radius 3 is 2.81 bits per heavy atom. The van der Waals surface area contributed by atoms with Crippen LogP contribution in [0.25, 0.3) is 9.40 Å². The van der Waals surface area contributed by atoms with Crippen molar-refractivity contribution in [3.05, 3.63) is 76.9 Å². The van der Waals surface area contributed by atoms with E-state index in [9.17, 15) is 34.4 Å². The second kappa shape index (κ2) is 10.4. The Morgan fingerprint density at radius 2 is 2.11 bits per heavy atom. The molecule has 10 nitrogen and oxygen atoms in total. The van der Waals surface area contributed by atoms with E-state index in [1.54, 1.807) is 11.5 Å². The lowest BCUT2D eigenvalue weighted by Gasteiger charge is -2.49. The van der Waals surface area contributed by atoms with Crippen LogP contribution in [-0.4, -0.2) is 49.9 Å². The molecule has 5 rings (SSSR count). The summed E-state index contributed by atoms with van der Waals surface area (Å²) in [6.07, 6.45) is 1.72. The number of nitro groups is 1. The first-order valence-electron chi connectivity index (χ1n) is 10.5. The number of rotatable bonds is 8. The lowest BCUT2D eigenvalue weighted by Crippen LogP contribution is -2.70. The van der Waals surface area contributed by atoms with Crippen LogP contribution in [-0.2, 0) is 20.8 Å². The molecule has 2 N–H and O–H groups in total. The number of hydrogen-bond acceptors (Lipinski definition) is 11. The van der Waals surface area contributed by atoms with Crippen LogP contribution in [0.4, 0.5) is 5.69 Å². The smallest absolute Gasteiger partial charge is 0.352 e. The number of hydrogen-bond donors (Lipinski definition) is 2. The molecular weight excluding hydrogens is 579 g/mol. The molecule has 0 saturated carbocycles. The van der Waals surface area contributed by atoms with Gasteiger partial charge in [0.25, 0.3) is 11.6 Å². The SMILES string of the molecule is O=C(Cc1cccs1)NC1C(=O)N2C(C(=O)O)=C(C=CSc3cc(=O)c4scc([N+](=O)[O-])c4s3)CS[C@H]12. The van der Waals surface area contributed by atoms with Crippen LogP contribution in [0.15, 0.2) is 60.7 Å². The van der Waals surface area contributed by atoms with Gasteiger partial charge >= 0.3 is 5.97 Å². The maximum Gasteiger partial charge on any atom is 0.352 e. The van der Waals surface area contributed by atoms with Crippen LogP contribution < -0.4 is 10.7 Å². The summed E-state index contributed by atoms with van der Waals surface area (Å²) < 4.78 is 1.14. The van der Waals surface area contributed by atoms with Crippen LogP contribution in [0.2, 0.25) is 0 Å². The van der Waals surface area contributed by atoms with Gasteiger partial charge in [0.2, 0.25) is 5.91 Å². The van der Waals surface area contributed by atoms with Gasteiger partial charge in [-0.15, -0.1) is 45.8 Å². The summed E-state index contributed by atoms with van der Waals surface area (Å²) in [5.74, 6) is -1.74. The largest absolute Gasteiger partial charge is 0.477 e. The van der Waals surface area contributed by atoms with Crippen LogP contribution >= 0.6 is 57.5 Å². The van der Waals surface area contributed by atoms with Gasteiger partial charge in [-0.05, 0) is 28.5 Å². The highest BCUT2D eigenvalue weighted by Crippen LogP contribution is 2.41. The Hall–Kier alpha value is -2.98. The number of aliphatic carboxylic acids is 1. The summed E-state index contributed by atoms with van der Waals surface area (Å²) in [6.45, 7) is 0. The molecule has 2 aliphatic heterocycles. The summed E-state index contributed by atoms with van der Waals surface area (Å²) in [4.78, 5) is 62.3. The van der Waals surface area contributed by atoms with E-state index in [0.717, 1.165) is 39.3 Å². The normalized spacial score (nSPS) is 19.2. The minimum absolute atomic E-state index is 0.118. The number of carboxylic acid groups (broad SMARTS) is 1. The molecule has 0 radical (unpaired) electrons. The molecule has 5 heterocycles. The number of nitrogens with one attached hydrogen (secondary N) is 1. The van der Waals surface area contributed by atoms with Gasteiger partial charge in [0.05, 0.1) is 25.6 Å². The van der Waals surface area contributed by atoms with Gasteiger partial charge < -0.3 is 10.4 Å². The number of carbonyl (C=O) groups excluding carboxylic acids is 2. The van der Waals surface area contributed by atoms with Crippen LogP contribution in [0.5, 0.6) is 0 Å². The van der Waals surface area contributed by atoms with E-state index in [0.29, 0.717) is 24.9 Å². The van der Waals surface area contributed by atoms with Crippen molar-refractivity contribution in [2.24, 2.45) is 0 Å². The standard InChI is InChI=1S/C22H15N3O7S5/c26-13-7-15(37-18-12(25(31)32)9-35-19(13)18)34-5-3-10-8-36-21-16(20(28)24(21)17(10)22(29)30)23-14(27)6-11-2-1-4-33-11/h1-5,7,9,16,21H,6,8H2,(H,23,27)(H,29,30)/t16?,21-/m1/s1. The first-order chi connectivity index (χ1) is 17.7. The molecule has 0 aliphatic carbocycles. The number of fused-ring (bicyclic) bond motifs is 2. The zero-order valence-corrected chi connectivity index (χ0v) is 22.5. The van der Waals surface area contributed by atoms with Crippen molar-refractivity contribution in [3.63, 3.8) is 0 Å². The number of carboxylic acids is 1. The van der Waals surface area contributed by atoms with Gasteiger partial charge in [0.1, 0.15) is 21.8 Å². The van der Waals surface area contributed by atoms with Crippen molar-refractivity contribution in [1.82, 2.24) is 10.2 Å². The second-order valence-electron chi connectivity index (χ2n) is 7.78. The number of thioether (sulfide) groups is 2. The summed E-state index contributed by atoms with van der Waals surface area (Å²) in [5, 5.41) is 28.1. The lowest BCUT2D eigenvalue weighted by atomic mass is 10.0. The van der Waals surface area contributed by atoms with E-state index in [1.165, 1.54) is 39.4 Å². The van der Waals surface area contributed by atoms with E-state index >= 15 is 0 Å². The topological polar surface area (TPSA) is 147 Å². The van der Waals surface area contributed by atoms with Crippen molar-refractivity contribution in [1.29, 1.82) is 0 Å². The van der Waals surface area contributed by atoms with E-state index in [-0.39, 0.29) is 29.1 Å². The molecule has 0 aromatic carbocycles. The Kier molecular flexibility index (Phi) is 7.22. The predicted molar refractivity (Wildman–Crippen MR) is 145 cm³/mol. The monoisotopic (exact) mass is 593 g/mol. The molecule has 37 heavy (non-hydrogen) atoms. The summed E-state index contributed by atoms with van der Waals surface area (Å²) in [5.41, 5.74) is -0.172. The van der Waals surface area contributed by atoms with E-state index in [4.69, 9.17) is 0 Å². The van der Waals surface area contributed by atoms with Crippen molar-refractivity contribution < 1.29 is 24.4 Å². The molecule has 1 saturated heterocycles. The highest BCUT2D eigenvalue weighted by Gasteiger charge is 2.53. The summed E-state index contributed by atoms with van der Waals surface area (Å²) in [6, 6.07) is 4.26. The third kappa shape index (κ3) is 4.96. The van der Waals surface area contributed by atoms with E-state index in [2.05, 4.69) is 5.32 Å². The fourth-order valence-electron chi connectivity index (χ4n) is 3.84. The molecule has 2 aliphatic rings. The van der Waals surface area contributed by atoms with Gasteiger partial charge in [-0.2, -0.15) is 0 Å². The fraction of sp³-hybridized carbons (Fsp3) is 0.182. The van der Waals surface area contributed by atoms with Gasteiger partial charge in [-0.1, -0.05) is 17.8 Å². The Bertz CT molecular complexity index is 1560. The molecule has 3 aromatic heterocycles. The highest BCUT2D eigenvalue weighted by molar-refractivity contribution is 8.04. The Labute approximate surface area is 228 Å². The number of amides is 2. The minimum Gasteiger partial charge on any atom is -0.477 e. The molecule has 190 valence electrons. The Balaban J connectivity index is 1.31. The first-order valence-corrected chi connectivity index (χ1v) is 15.0. The average molecular weight is 594 g/mol. The zero-order chi connectivity index (χ0) is 26.3. The van der Waals surface area contributed by atoms with Gasteiger partial charge in [0.15, 0.2) is 5.43 Å². The molecule has 0 spiro atoms. The quantitative estimate of drug-likeness (QED) is 0.172. The second-order valence-corrected chi connectivity index (χ2v) is 13.1. The van der Waals surface area contributed by atoms with Crippen molar-refractivity contribution in [2.45, 2.75) is 22.0 Å². The first kappa shape index (κ1) is 25.7. The molecule has 2 atom stereocenters. The molecule has 2 amide bonds. The third-order valence-corrected chi connectivity index (χ3v) is 10.9. The minimum atomic E-state index is -1.26. The van der Waals surface area contributed by atoms with Crippen LogP contribution in [0, 0.1) is 10.1 Å². The number of thiophene rings is 2. The highest BCUT2D eigenvalue weighted by atomic mass is 32.2. The summed E-state index contributed by atoms with van der Waals surface area (Å²) >= 11 is 6.07. The van der Waals surface area contributed by atoms with Crippen LogP contribution in [0.1, 0.15) is 4.88 Å². The maximum atomic E-state index is 12.8.